The van der Waals surface area contributed by atoms with Crippen molar-refractivity contribution in [1.82, 2.24) is 4.98 Å². The van der Waals surface area contributed by atoms with Gasteiger partial charge in [0.05, 0.1) is 32.1 Å². The van der Waals surface area contributed by atoms with Crippen LogP contribution < -0.4 is 5.32 Å². The first-order valence-electron chi connectivity index (χ1n) is 8.33. The number of nitrogens with zero attached hydrogens (tertiary/aromatic N) is 1. The Kier molecular flexibility index (Phi) is 11.0. The van der Waals surface area contributed by atoms with E-state index in [0.717, 1.165) is 0 Å². The van der Waals surface area contributed by atoms with Crippen LogP contribution in [-0.2, 0) is 36.3 Å². The van der Waals surface area contributed by atoms with Crippen molar-refractivity contribution in [3.8, 4) is 0 Å². The number of anilines is 1. The van der Waals surface area contributed by atoms with E-state index in [0.29, 0.717) is 0 Å². The Morgan fingerprint density at radius 3 is 1.78 bits per heavy atom. The summed E-state index contributed by atoms with van der Waals surface area (Å²) in [6.45, 7) is 6.64. The van der Waals surface area contributed by atoms with Crippen LogP contribution in [0.5, 0.6) is 0 Å². The van der Waals surface area contributed by atoms with Gasteiger partial charge in [-0.25, -0.2) is 23.2 Å². The topological polar surface area (TPSA) is 114 Å². The van der Waals surface area contributed by atoms with Gasteiger partial charge in [-0.05, 0) is 39.8 Å². The lowest BCUT2D eigenvalue weighted by Crippen LogP contribution is -2.26. The molecule has 0 aromatic carbocycles. The fraction of sp³-hybridized carbons (Fsp3) is 0.643. The fourth-order valence-corrected chi connectivity index (χ4v) is 4.32. The van der Waals surface area contributed by atoms with Crippen LogP contribution in [0, 0.1) is 0 Å². The Labute approximate surface area is 164 Å². The van der Waals surface area contributed by atoms with Crippen LogP contribution in [0.25, 0.3) is 0 Å². The third-order valence-corrected chi connectivity index (χ3v) is 6.13. The lowest BCUT2D eigenvalue weighted by Gasteiger charge is -2.27. The first-order valence-corrected chi connectivity index (χ1v) is 11.6. The summed E-state index contributed by atoms with van der Waals surface area (Å²) in [5, 5.41) is 2.77. The van der Waals surface area contributed by atoms with Crippen molar-refractivity contribution in [3.63, 3.8) is 0 Å². The number of hydrogen-bond donors (Lipinski definition) is 1. The lowest BCUT2D eigenvalue weighted by atomic mass is 10.4. The molecule has 156 valence electrons. The first-order chi connectivity index (χ1) is 12.8. The molecule has 1 heterocycles. The van der Waals surface area contributed by atoms with Crippen molar-refractivity contribution >= 4 is 32.9 Å². The molecule has 1 aromatic rings. The van der Waals surface area contributed by atoms with Crippen LogP contribution in [0.3, 0.4) is 0 Å². The zero-order valence-electron chi connectivity index (χ0n) is 15.6. The average Bonchev–Trinajstić information content (AvgIpc) is 2.57. The second kappa shape index (κ2) is 12.1. The second-order valence-corrected chi connectivity index (χ2v) is 8.20. The Balaban J connectivity index is 3.12. The van der Waals surface area contributed by atoms with E-state index >= 15 is 0 Å². The Bertz CT molecular complexity index is 614. The second-order valence-electron chi connectivity index (χ2n) is 4.59. The molecule has 27 heavy (non-hydrogen) atoms. The molecule has 0 saturated carbocycles. The Morgan fingerprint density at radius 2 is 1.41 bits per heavy atom. The van der Waals surface area contributed by atoms with Gasteiger partial charge >= 0.3 is 15.6 Å². The maximum absolute atomic E-state index is 12.7. The summed E-state index contributed by atoms with van der Waals surface area (Å²) in [6.07, 6.45) is -0.125. The SMILES string of the molecule is CCOP(=O)(OCC)OC(Nc1cccnc1Cl)OP(=O)(OCC)OCC. The highest BCUT2D eigenvalue weighted by molar-refractivity contribution is 7.49. The normalized spacial score (nSPS) is 12.5. The Hall–Kier alpha value is -0.540. The summed E-state index contributed by atoms with van der Waals surface area (Å²) in [5.74, 6) is 0. The van der Waals surface area contributed by atoms with Gasteiger partial charge in [-0.3, -0.25) is 18.1 Å². The van der Waals surface area contributed by atoms with Gasteiger partial charge in [0, 0.05) is 6.20 Å². The first kappa shape index (κ1) is 24.5. The van der Waals surface area contributed by atoms with E-state index in [2.05, 4.69) is 10.3 Å². The van der Waals surface area contributed by atoms with Crippen LogP contribution in [0.2, 0.25) is 5.15 Å². The van der Waals surface area contributed by atoms with Crippen molar-refractivity contribution in [1.29, 1.82) is 0 Å². The molecular weight excluding hydrogens is 422 g/mol. The van der Waals surface area contributed by atoms with Crippen molar-refractivity contribution < 1.29 is 36.3 Å². The van der Waals surface area contributed by atoms with Gasteiger partial charge in [0.15, 0.2) is 5.15 Å². The highest BCUT2D eigenvalue weighted by Crippen LogP contribution is 2.55. The van der Waals surface area contributed by atoms with Gasteiger partial charge in [-0.15, -0.1) is 0 Å². The minimum atomic E-state index is -4.03. The molecule has 10 nitrogen and oxygen atoms in total. The number of phosphoric acid groups is 2. The van der Waals surface area contributed by atoms with E-state index < -0.39 is 22.1 Å². The molecule has 0 spiro atoms. The number of hydrogen-bond acceptors (Lipinski definition) is 10. The quantitative estimate of drug-likeness (QED) is 0.242. The number of halogens is 1. The van der Waals surface area contributed by atoms with Crippen molar-refractivity contribution in [2.45, 2.75) is 34.1 Å². The molecule has 1 rings (SSSR count). The van der Waals surface area contributed by atoms with E-state index in [9.17, 15) is 9.13 Å². The monoisotopic (exact) mass is 446 g/mol. The van der Waals surface area contributed by atoms with Gasteiger partial charge in [0.25, 0.3) is 6.41 Å². The summed E-state index contributed by atoms with van der Waals surface area (Å²) in [5.41, 5.74) is 0.267. The molecule has 0 amide bonds. The minimum Gasteiger partial charge on any atom is -0.334 e. The number of nitrogens with one attached hydrogen (secondary N) is 1. The Morgan fingerprint density at radius 1 is 0.963 bits per heavy atom. The molecule has 0 bridgehead atoms. The van der Waals surface area contributed by atoms with Gasteiger partial charge in [-0.1, -0.05) is 11.6 Å². The van der Waals surface area contributed by atoms with Crippen LogP contribution in [0.15, 0.2) is 18.3 Å². The molecule has 0 aliphatic heterocycles. The highest BCUT2D eigenvalue weighted by Gasteiger charge is 2.37. The van der Waals surface area contributed by atoms with Crippen molar-refractivity contribution in [3.05, 3.63) is 23.5 Å². The molecule has 0 aliphatic carbocycles. The smallest absolute Gasteiger partial charge is 0.334 e. The van der Waals surface area contributed by atoms with Gasteiger partial charge in [-0.2, -0.15) is 0 Å². The highest BCUT2D eigenvalue weighted by atomic mass is 35.5. The van der Waals surface area contributed by atoms with Gasteiger partial charge in [0.2, 0.25) is 0 Å². The van der Waals surface area contributed by atoms with E-state index in [4.69, 9.17) is 38.7 Å². The molecule has 0 aliphatic rings. The molecule has 0 atom stereocenters. The average molecular weight is 447 g/mol. The zero-order chi connectivity index (χ0) is 20.3. The molecule has 13 heteroatoms. The third kappa shape index (κ3) is 8.56. The minimum absolute atomic E-state index is 0.0478. The standard InChI is InChI=1S/C14H25ClN2O8P2/c1-5-20-26(18,21-6-2)24-14(17-12-10-9-11-16-13(12)15)25-27(19,22-7-3)23-8-4/h9-11,14,17H,5-8H2,1-4H3. The number of rotatable bonds is 14. The van der Waals surface area contributed by atoms with Crippen LogP contribution in [0.4, 0.5) is 5.69 Å². The summed E-state index contributed by atoms with van der Waals surface area (Å²) >= 11 is 6.01. The van der Waals surface area contributed by atoms with Crippen molar-refractivity contribution in [2.24, 2.45) is 0 Å². The van der Waals surface area contributed by atoms with E-state index in [1.165, 1.54) is 6.20 Å². The van der Waals surface area contributed by atoms with E-state index in [-0.39, 0.29) is 37.3 Å². The maximum atomic E-state index is 12.7. The molecule has 1 N–H and O–H groups in total. The predicted octanol–water partition coefficient (Wildman–Crippen LogP) is 4.83. The van der Waals surface area contributed by atoms with Crippen LogP contribution in [-0.4, -0.2) is 37.8 Å². The van der Waals surface area contributed by atoms with Gasteiger partial charge < -0.3 is 5.32 Å². The van der Waals surface area contributed by atoms with Crippen LogP contribution in [0.1, 0.15) is 27.7 Å². The van der Waals surface area contributed by atoms with Crippen molar-refractivity contribution in [2.75, 3.05) is 31.7 Å². The van der Waals surface area contributed by atoms with E-state index in [1.54, 1.807) is 39.8 Å². The van der Waals surface area contributed by atoms with Crippen LogP contribution >= 0.6 is 27.2 Å². The summed E-state index contributed by atoms with van der Waals surface area (Å²) < 4.78 is 56.3. The molecule has 0 unspecified atom stereocenters. The maximum Gasteiger partial charge on any atom is 0.478 e. The molecule has 0 fully saturated rings. The molecule has 1 aromatic heterocycles. The third-order valence-electron chi connectivity index (χ3n) is 2.63. The largest absolute Gasteiger partial charge is 0.478 e. The van der Waals surface area contributed by atoms with Gasteiger partial charge in [0.1, 0.15) is 0 Å². The fourth-order valence-electron chi connectivity index (χ4n) is 1.76. The molecule has 0 saturated heterocycles. The molecule has 0 radical (unpaired) electrons. The predicted molar refractivity (Wildman–Crippen MR) is 101 cm³/mol. The number of phosphoric ester groups is 2. The summed E-state index contributed by atoms with van der Waals surface area (Å²) in [6, 6.07) is 3.16. The summed E-state index contributed by atoms with van der Waals surface area (Å²) in [7, 11) is -8.07. The molecular formula is C14H25ClN2O8P2. The van der Waals surface area contributed by atoms with E-state index in [1.807, 2.05) is 0 Å². The zero-order valence-corrected chi connectivity index (χ0v) is 18.2. The lowest BCUT2D eigenvalue weighted by molar-refractivity contribution is -0.0349. The number of aromatic nitrogens is 1. The number of pyridine rings is 1. The summed E-state index contributed by atoms with van der Waals surface area (Å²) in [4.78, 5) is 3.90.